The molecule has 2 heterocycles. The minimum atomic E-state index is -3.35. The molecule has 0 bridgehead atoms. The van der Waals surface area contributed by atoms with E-state index in [2.05, 4.69) is 32.4 Å². The van der Waals surface area contributed by atoms with Gasteiger partial charge in [-0.3, -0.25) is 9.52 Å². The van der Waals surface area contributed by atoms with Gasteiger partial charge in [-0.2, -0.15) is 5.10 Å². The molecule has 1 aliphatic heterocycles. The minimum Gasteiger partial charge on any atom is -0.467 e. The van der Waals surface area contributed by atoms with Gasteiger partial charge in [-0.15, -0.1) is 0 Å². The van der Waals surface area contributed by atoms with Crippen LogP contribution >= 0.6 is 22.6 Å². The van der Waals surface area contributed by atoms with Crippen molar-refractivity contribution < 1.29 is 17.6 Å². The van der Waals surface area contributed by atoms with Crippen molar-refractivity contribution in [3.63, 3.8) is 0 Å². The third kappa shape index (κ3) is 4.57. The number of nitrogens with zero attached hydrogens (tertiary/aromatic N) is 2. The van der Waals surface area contributed by atoms with Crippen molar-refractivity contribution >= 4 is 49.9 Å². The maximum atomic E-state index is 13.1. The number of furan rings is 1. The molecule has 1 N–H and O–H groups in total. The van der Waals surface area contributed by atoms with E-state index >= 15 is 0 Å². The number of sulfonamides is 1. The third-order valence-corrected chi connectivity index (χ3v) is 5.93. The summed E-state index contributed by atoms with van der Waals surface area (Å²) in [7, 11) is -3.35. The highest BCUT2D eigenvalue weighted by molar-refractivity contribution is 14.1. The quantitative estimate of drug-likeness (QED) is 0.495. The lowest BCUT2D eigenvalue weighted by molar-refractivity contribution is 0.0693. The first-order valence-corrected chi connectivity index (χ1v) is 12.1. The molecule has 1 atom stereocenters. The van der Waals surface area contributed by atoms with Gasteiger partial charge in [0.15, 0.2) is 0 Å². The lowest BCUT2D eigenvalue weighted by Gasteiger charge is -2.19. The average molecular weight is 535 g/mol. The van der Waals surface area contributed by atoms with E-state index < -0.39 is 10.0 Å². The van der Waals surface area contributed by atoms with Gasteiger partial charge in [0.1, 0.15) is 11.8 Å². The monoisotopic (exact) mass is 535 g/mol. The van der Waals surface area contributed by atoms with Crippen LogP contribution in [0.5, 0.6) is 0 Å². The van der Waals surface area contributed by atoms with Crippen LogP contribution in [0, 0.1) is 3.57 Å². The first-order chi connectivity index (χ1) is 14.3. The Morgan fingerprint density at radius 1 is 1.13 bits per heavy atom. The van der Waals surface area contributed by atoms with Gasteiger partial charge in [-0.25, -0.2) is 13.4 Å². The Morgan fingerprint density at radius 2 is 1.83 bits per heavy atom. The smallest absolute Gasteiger partial charge is 0.274 e. The van der Waals surface area contributed by atoms with Crippen LogP contribution in [0.3, 0.4) is 0 Å². The Balaban J connectivity index is 1.65. The Kier molecular flexibility index (Phi) is 5.65. The SMILES string of the molecule is CS(=O)(=O)Nc1ccc(C2=NN(C(=O)c3ccc(I)cc3)C(c3ccco3)C2)cc1. The van der Waals surface area contributed by atoms with E-state index in [1.54, 1.807) is 48.7 Å². The number of carbonyl (C=O) groups excluding carboxylic acids is 1. The molecule has 0 saturated heterocycles. The Hall–Kier alpha value is -2.66. The van der Waals surface area contributed by atoms with Gasteiger partial charge in [-0.05, 0) is 76.7 Å². The van der Waals surface area contributed by atoms with E-state index in [1.807, 2.05) is 18.2 Å². The Bertz CT molecular complexity index is 1190. The summed E-state index contributed by atoms with van der Waals surface area (Å²) in [5.41, 5.74) is 2.55. The molecule has 0 radical (unpaired) electrons. The second-order valence-electron chi connectivity index (χ2n) is 6.89. The number of halogens is 1. The summed E-state index contributed by atoms with van der Waals surface area (Å²) < 4.78 is 31.8. The first kappa shape index (κ1) is 20.6. The number of anilines is 1. The highest BCUT2D eigenvalue weighted by Gasteiger charge is 2.35. The molecule has 0 saturated carbocycles. The predicted molar refractivity (Wildman–Crippen MR) is 123 cm³/mol. The molecule has 0 spiro atoms. The molecule has 3 aromatic rings. The molecule has 154 valence electrons. The second-order valence-corrected chi connectivity index (χ2v) is 9.88. The topological polar surface area (TPSA) is 92.0 Å². The zero-order valence-electron chi connectivity index (χ0n) is 15.9. The van der Waals surface area contributed by atoms with Gasteiger partial charge in [0.05, 0.1) is 18.2 Å². The maximum Gasteiger partial charge on any atom is 0.274 e. The van der Waals surface area contributed by atoms with Crippen molar-refractivity contribution in [2.24, 2.45) is 5.10 Å². The van der Waals surface area contributed by atoms with Crippen LogP contribution in [0.4, 0.5) is 5.69 Å². The van der Waals surface area contributed by atoms with Gasteiger partial charge >= 0.3 is 0 Å². The standard InChI is InChI=1S/C21H18IN3O4S/c1-30(27,28)24-17-10-6-14(7-11-17)18-13-19(20-3-2-12-29-20)25(23-18)21(26)15-4-8-16(22)9-5-15/h2-12,19,24H,13H2,1H3. The summed E-state index contributed by atoms with van der Waals surface area (Å²) in [6.07, 6.45) is 3.17. The lowest BCUT2D eigenvalue weighted by Crippen LogP contribution is -2.26. The van der Waals surface area contributed by atoms with Crippen LogP contribution in [0.25, 0.3) is 0 Å². The zero-order valence-corrected chi connectivity index (χ0v) is 18.9. The average Bonchev–Trinajstić information content (AvgIpc) is 3.37. The van der Waals surface area contributed by atoms with Crippen LogP contribution in [0.15, 0.2) is 76.4 Å². The molecule has 1 unspecified atom stereocenters. The summed E-state index contributed by atoms with van der Waals surface area (Å²) in [5, 5.41) is 6.06. The Morgan fingerprint density at radius 3 is 2.43 bits per heavy atom. The van der Waals surface area contributed by atoms with Crippen LogP contribution in [-0.2, 0) is 10.0 Å². The fraction of sp³-hybridized carbons (Fsp3) is 0.143. The lowest BCUT2D eigenvalue weighted by atomic mass is 10.0. The molecular formula is C21H18IN3O4S. The molecular weight excluding hydrogens is 517 g/mol. The molecule has 1 aromatic heterocycles. The van der Waals surface area contributed by atoms with Crippen LogP contribution in [0.2, 0.25) is 0 Å². The van der Waals surface area contributed by atoms with E-state index in [9.17, 15) is 13.2 Å². The Labute approximate surface area is 188 Å². The maximum absolute atomic E-state index is 13.1. The zero-order chi connectivity index (χ0) is 21.3. The molecule has 0 fully saturated rings. The van der Waals surface area contributed by atoms with Gasteiger partial charge in [0.25, 0.3) is 5.91 Å². The van der Waals surface area contributed by atoms with Crippen LogP contribution < -0.4 is 4.72 Å². The number of hydrogen-bond acceptors (Lipinski definition) is 5. The number of nitrogens with one attached hydrogen (secondary N) is 1. The van der Waals surface area contributed by atoms with E-state index in [4.69, 9.17) is 4.42 Å². The number of benzene rings is 2. The highest BCUT2D eigenvalue weighted by atomic mass is 127. The van der Waals surface area contributed by atoms with Gasteiger partial charge in [-0.1, -0.05) is 12.1 Å². The fourth-order valence-corrected chi connectivity index (χ4v) is 4.17. The summed E-state index contributed by atoms with van der Waals surface area (Å²) in [6, 6.07) is 17.5. The third-order valence-electron chi connectivity index (χ3n) is 4.60. The number of rotatable bonds is 5. The summed E-state index contributed by atoms with van der Waals surface area (Å²) in [6.45, 7) is 0. The van der Waals surface area contributed by atoms with E-state index in [1.165, 1.54) is 5.01 Å². The summed E-state index contributed by atoms with van der Waals surface area (Å²) in [4.78, 5) is 13.1. The largest absolute Gasteiger partial charge is 0.467 e. The van der Waals surface area contributed by atoms with Gasteiger partial charge in [0.2, 0.25) is 10.0 Å². The van der Waals surface area contributed by atoms with Crippen LogP contribution in [-0.4, -0.2) is 31.3 Å². The molecule has 0 aliphatic carbocycles. The van der Waals surface area contributed by atoms with Gasteiger partial charge < -0.3 is 4.42 Å². The second kappa shape index (κ2) is 8.23. The summed E-state index contributed by atoms with van der Waals surface area (Å²) >= 11 is 2.19. The fourth-order valence-electron chi connectivity index (χ4n) is 3.24. The number of hydrogen-bond donors (Lipinski definition) is 1. The molecule has 4 rings (SSSR count). The molecule has 1 aliphatic rings. The summed E-state index contributed by atoms with van der Waals surface area (Å²) in [5.74, 6) is 0.445. The van der Waals surface area contributed by atoms with Crippen molar-refractivity contribution in [2.75, 3.05) is 11.0 Å². The number of carbonyl (C=O) groups is 1. The van der Waals surface area contributed by atoms with E-state index in [0.29, 0.717) is 23.4 Å². The van der Waals surface area contributed by atoms with E-state index in [-0.39, 0.29) is 11.9 Å². The van der Waals surface area contributed by atoms with E-state index in [0.717, 1.165) is 21.1 Å². The van der Waals surface area contributed by atoms with Crippen molar-refractivity contribution in [1.82, 2.24) is 5.01 Å². The first-order valence-electron chi connectivity index (χ1n) is 9.08. The minimum absolute atomic E-state index is 0.210. The predicted octanol–water partition coefficient (Wildman–Crippen LogP) is 4.25. The highest BCUT2D eigenvalue weighted by Crippen LogP contribution is 2.34. The van der Waals surface area contributed by atoms with Crippen molar-refractivity contribution in [3.05, 3.63) is 87.4 Å². The number of hydrazone groups is 1. The molecule has 30 heavy (non-hydrogen) atoms. The normalized spacial score (nSPS) is 16.4. The molecule has 9 heteroatoms. The molecule has 2 aromatic carbocycles. The van der Waals surface area contributed by atoms with Crippen molar-refractivity contribution in [2.45, 2.75) is 12.5 Å². The van der Waals surface area contributed by atoms with Crippen molar-refractivity contribution in [3.8, 4) is 0 Å². The van der Waals surface area contributed by atoms with Crippen LogP contribution in [0.1, 0.15) is 34.1 Å². The molecule has 1 amide bonds. The van der Waals surface area contributed by atoms with Crippen molar-refractivity contribution in [1.29, 1.82) is 0 Å². The molecule has 7 nitrogen and oxygen atoms in total. The number of amides is 1. The van der Waals surface area contributed by atoms with Gasteiger partial charge in [0, 0.05) is 21.2 Å².